The third kappa shape index (κ3) is 3.23. The van der Waals surface area contributed by atoms with E-state index in [4.69, 9.17) is 9.84 Å². The summed E-state index contributed by atoms with van der Waals surface area (Å²) in [5.41, 5.74) is 1.19. The van der Waals surface area contributed by atoms with Crippen molar-refractivity contribution in [3.63, 3.8) is 0 Å². The molecule has 19 heavy (non-hydrogen) atoms. The van der Waals surface area contributed by atoms with Gasteiger partial charge in [0.15, 0.2) is 10.8 Å². The standard InChI is InChI=1S/C13H14N2O3S/c1-8-11(12(16)17)15-13(19-8)14-7-9-3-5-10(18-2)6-4-9/h3-6H,7H2,1-2H3,(H,14,15)(H,16,17). The molecule has 2 N–H and O–H groups in total. The van der Waals surface area contributed by atoms with Crippen molar-refractivity contribution in [2.45, 2.75) is 13.5 Å². The van der Waals surface area contributed by atoms with Crippen LogP contribution < -0.4 is 10.1 Å². The van der Waals surface area contributed by atoms with Gasteiger partial charge in [-0.1, -0.05) is 12.1 Å². The minimum Gasteiger partial charge on any atom is -0.497 e. The maximum absolute atomic E-state index is 10.9. The molecule has 0 spiro atoms. The van der Waals surface area contributed by atoms with Crippen molar-refractivity contribution in [3.8, 4) is 5.75 Å². The van der Waals surface area contributed by atoms with E-state index in [-0.39, 0.29) is 5.69 Å². The van der Waals surface area contributed by atoms with Crippen LogP contribution in [-0.4, -0.2) is 23.2 Å². The highest BCUT2D eigenvalue weighted by Gasteiger charge is 2.13. The second kappa shape index (κ2) is 5.71. The van der Waals surface area contributed by atoms with Crippen molar-refractivity contribution < 1.29 is 14.6 Å². The van der Waals surface area contributed by atoms with Crippen molar-refractivity contribution >= 4 is 22.4 Å². The lowest BCUT2D eigenvalue weighted by Crippen LogP contribution is -2.01. The van der Waals surface area contributed by atoms with Gasteiger partial charge in [-0.2, -0.15) is 0 Å². The molecule has 0 saturated heterocycles. The molecule has 1 heterocycles. The summed E-state index contributed by atoms with van der Waals surface area (Å²) in [7, 11) is 1.62. The third-order valence-corrected chi connectivity index (χ3v) is 3.53. The molecule has 2 aromatic rings. The zero-order chi connectivity index (χ0) is 13.8. The lowest BCUT2D eigenvalue weighted by molar-refractivity contribution is 0.0690. The molecule has 0 saturated carbocycles. The molecule has 0 unspecified atom stereocenters. The van der Waals surface area contributed by atoms with Gasteiger partial charge < -0.3 is 15.2 Å². The van der Waals surface area contributed by atoms with Gasteiger partial charge in [-0.25, -0.2) is 9.78 Å². The van der Waals surface area contributed by atoms with Crippen LogP contribution in [0.3, 0.4) is 0 Å². The van der Waals surface area contributed by atoms with Gasteiger partial charge in [-0.15, -0.1) is 11.3 Å². The monoisotopic (exact) mass is 278 g/mol. The highest BCUT2D eigenvalue weighted by atomic mass is 32.1. The molecule has 100 valence electrons. The van der Waals surface area contributed by atoms with Crippen LogP contribution in [0.2, 0.25) is 0 Å². The van der Waals surface area contributed by atoms with Crippen LogP contribution in [-0.2, 0) is 6.54 Å². The summed E-state index contributed by atoms with van der Waals surface area (Å²) in [6, 6.07) is 7.66. The number of carboxylic acids is 1. The van der Waals surface area contributed by atoms with Gasteiger partial charge in [-0.05, 0) is 24.6 Å². The number of nitrogens with one attached hydrogen (secondary N) is 1. The van der Waals surface area contributed by atoms with Crippen LogP contribution >= 0.6 is 11.3 Å². The minimum atomic E-state index is -0.994. The van der Waals surface area contributed by atoms with E-state index in [0.717, 1.165) is 11.3 Å². The number of carbonyl (C=O) groups is 1. The highest BCUT2D eigenvalue weighted by Crippen LogP contribution is 2.22. The molecule has 1 aromatic carbocycles. The Balaban J connectivity index is 2.01. The summed E-state index contributed by atoms with van der Waals surface area (Å²) in [4.78, 5) is 15.6. The Hall–Kier alpha value is -2.08. The summed E-state index contributed by atoms with van der Waals surface area (Å²) in [6.07, 6.45) is 0. The van der Waals surface area contributed by atoms with Gasteiger partial charge in [0.2, 0.25) is 0 Å². The maximum Gasteiger partial charge on any atom is 0.355 e. The summed E-state index contributed by atoms with van der Waals surface area (Å²) in [5.74, 6) is -0.187. The topological polar surface area (TPSA) is 71.5 Å². The molecular weight excluding hydrogens is 264 g/mol. The number of rotatable bonds is 5. The predicted molar refractivity (Wildman–Crippen MR) is 74.1 cm³/mol. The number of nitrogens with zero attached hydrogens (tertiary/aromatic N) is 1. The Morgan fingerprint density at radius 1 is 1.42 bits per heavy atom. The smallest absolute Gasteiger partial charge is 0.355 e. The number of hydrogen-bond donors (Lipinski definition) is 2. The number of ether oxygens (including phenoxy) is 1. The molecule has 0 amide bonds. The number of aromatic carboxylic acids is 1. The molecule has 2 rings (SSSR count). The molecular formula is C13H14N2O3S. The Morgan fingerprint density at radius 2 is 2.11 bits per heavy atom. The summed E-state index contributed by atoms with van der Waals surface area (Å²) in [6.45, 7) is 2.34. The minimum absolute atomic E-state index is 0.113. The molecule has 1 aromatic heterocycles. The first-order chi connectivity index (χ1) is 9.10. The lowest BCUT2D eigenvalue weighted by atomic mass is 10.2. The first-order valence-corrected chi connectivity index (χ1v) is 6.49. The molecule has 0 radical (unpaired) electrons. The van der Waals surface area contributed by atoms with Gasteiger partial charge >= 0.3 is 5.97 Å². The van der Waals surface area contributed by atoms with E-state index >= 15 is 0 Å². The number of carboxylic acid groups (broad SMARTS) is 1. The predicted octanol–water partition coefficient (Wildman–Crippen LogP) is 2.77. The Labute approximate surface area is 114 Å². The quantitative estimate of drug-likeness (QED) is 0.880. The van der Waals surface area contributed by atoms with Gasteiger partial charge in [-0.3, -0.25) is 0 Å². The summed E-state index contributed by atoms with van der Waals surface area (Å²) in [5, 5.41) is 12.7. The SMILES string of the molecule is COc1ccc(CNc2nc(C(=O)O)c(C)s2)cc1. The molecule has 0 aliphatic heterocycles. The van der Waals surface area contributed by atoms with Crippen LogP contribution in [0.5, 0.6) is 5.75 Å². The van der Waals surface area contributed by atoms with Crippen molar-refractivity contribution in [1.82, 2.24) is 4.98 Å². The van der Waals surface area contributed by atoms with Crippen molar-refractivity contribution in [3.05, 3.63) is 40.4 Å². The number of aryl methyl sites for hydroxylation is 1. The van der Waals surface area contributed by atoms with E-state index in [2.05, 4.69) is 10.3 Å². The van der Waals surface area contributed by atoms with Gasteiger partial charge in [0, 0.05) is 11.4 Å². The number of methoxy groups -OCH3 is 1. The van der Waals surface area contributed by atoms with E-state index in [1.807, 2.05) is 24.3 Å². The molecule has 6 heteroatoms. The lowest BCUT2D eigenvalue weighted by Gasteiger charge is -2.04. The van der Waals surface area contributed by atoms with Crippen LogP contribution in [0.25, 0.3) is 0 Å². The van der Waals surface area contributed by atoms with E-state index < -0.39 is 5.97 Å². The van der Waals surface area contributed by atoms with Crippen molar-refractivity contribution in [1.29, 1.82) is 0 Å². The zero-order valence-corrected chi connectivity index (χ0v) is 11.5. The van der Waals surface area contributed by atoms with Gasteiger partial charge in [0.1, 0.15) is 5.75 Å². The largest absolute Gasteiger partial charge is 0.497 e. The first kappa shape index (κ1) is 13.4. The van der Waals surface area contributed by atoms with Crippen LogP contribution in [0, 0.1) is 6.92 Å². The molecule has 0 aliphatic carbocycles. The fourth-order valence-corrected chi connectivity index (χ4v) is 2.39. The number of benzene rings is 1. The van der Waals surface area contributed by atoms with E-state index in [0.29, 0.717) is 16.6 Å². The fraction of sp³-hybridized carbons (Fsp3) is 0.231. The Bertz CT molecular complexity index is 578. The Morgan fingerprint density at radius 3 is 2.63 bits per heavy atom. The molecule has 0 atom stereocenters. The summed E-state index contributed by atoms with van der Waals surface area (Å²) < 4.78 is 5.08. The van der Waals surface area contributed by atoms with Crippen LogP contribution in [0.4, 0.5) is 5.13 Å². The molecule has 0 aliphatic rings. The highest BCUT2D eigenvalue weighted by molar-refractivity contribution is 7.15. The van der Waals surface area contributed by atoms with Crippen LogP contribution in [0.1, 0.15) is 20.9 Å². The maximum atomic E-state index is 10.9. The molecule has 0 bridgehead atoms. The first-order valence-electron chi connectivity index (χ1n) is 5.67. The second-order valence-electron chi connectivity index (χ2n) is 3.93. The normalized spacial score (nSPS) is 10.2. The summed E-state index contributed by atoms with van der Waals surface area (Å²) >= 11 is 1.34. The van der Waals surface area contributed by atoms with Crippen molar-refractivity contribution in [2.24, 2.45) is 0 Å². The second-order valence-corrected chi connectivity index (χ2v) is 5.13. The van der Waals surface area contributed by atoms with E-state index in [9.17, 15) is 4.79 Å². The average Bonchev–Trinajstić information content (AvgIpc) is 2.78. The molecule has 5 nitrogen and oxygen atoms in total. The number of hydrogen-bond acceptors (Lipinski definition) is 5. The number of aromatic nitrogens is 1. The van der Waals surface area contributed by atoms with Crippen LogP contribution in [0.15, 0.2) is 24.3 Å². The average molecular weight is 278 g/mol. The number of thiazole rings is 1. The molecule has 0 fully saturated rings. The third-order valence-electron chi connectivity index (χ3n) is 2.60. The van der Waals surface area contributed by atoms with Gasteiger partial charge in [0.05, 0.1) is 7.11 Å². The zero-order valence-electron chi connectivity index (χ0n) is 10.6. The number of anilines is 1. The van der Waals surface area contributed by atoms with Gasteiger partial charge in [0.25, 0.3) is 0 Å². The van der Waals surface area contributed by atoms with E-state index in [1.54, 1.807) is 14.0 Å². The van der Waals surface area contributed by atoms with Crippen molar-refractivity contribution in [2.75, 3.05) is 12.4 Å². The fourth-order valence-electron chi connectivity index (χ4n) is 1.59. The Kier molecular flexibility index (Phi) is 4.01. The van der Waals surface area contributed by atoms with E-state index in [1.165, 1.54) is 11.3 Å².